The quantitative estimate of drug-likeness (QED) is 0.923. The van der Waals surface area contributed by atoms with Gasteiger partial charge in [-0.05, 0) is 36.1 Å². The van der Waals surface area contributed by atoms with E-state index in [1.165, 1.54) is 12.1 Å². The van der Waals surface area contributed by atoms with Crippen LogP contribution in [0.2, 0.25) is 0 Å². The summed E-state index contributed by atoms with van der Waals surface area (Å²) in [5.74, 6) is 0. The van der Waals surface area contributed by atoms with Crippen LogP contribution in [0.3, 0.4) is 0 Å². The number of alkyl halides is 3. The highest BCUT2D eigenvalue weighted by molar-refractivity contribution is 7.89. The zero-order chi connectivity index (χ0) is 15.3. The zero-order valence-corrected chi connectivity index (χ0v) is 12.0. The van der Waals surface area contributed by atoms with Crippen LogP contribution in [-0.4, -0.2) is 31.5 Å². The van der Waals surface area contributed by atoms with E-state index >= 15 is 0 Å². The molecule has 1 aromatic rings. The van der Waals surface area contributed by atoms with E-state index in [0.717, 1.165) is 11.1 Å². The summed E-state index contributed by atoms with van der Waals surface area (Å²) in [6.07, 6.45) is -3.56. The number of nitrogens with one attached hydrogen (secondary N) is 1. The van der Waals surface area contributed by atoms with Crippen LogP contribution in [0, 0.1) is 0 Å². The lowest BCUT2D eigenvalue weighted by molar-refractivity contribution is -0.137. The second kappa shape index (κ2) is 4.96. The van der Waals surface area contributed by atoms with Crippen LogP contribution in [0.25, 0.3) is 0 Å². The molecule has 0 aromatic heterocycles. The van der Waals surface area contributed by atoms with Crippen molar-refractivity contribution in [1.82, 2.24) is 9.62 Å². The van der Waals surface area contributed by atoms with Crippen molar-refractivity contribution >= 4 is 10.0 Å². The molecule has 0 spiro atoms. The SMILES string of the molecule is O=S(=O)(c1ccc2c(c1)CNC2)N(CC(F)(F)F)C1CC1. The normalized spacial score (nSPS) is 19.0. The molecule has 1 fully saturated rings. The van der Waals surface area contributed by atoms with Crippen LogP contribution < -0.4 is 5.32 Å². The van der Waals surface area contributed by atoms with Crippen molar-refractivity contribution in [2.45, 2.75) is 43.0 Å². The van der Waals surface area contributed by atoms with Crippen molar-refractivity contribution < 1.29 is 21.6 Å². The number of rotatable bonds is 4. The van der Waals surface area contributed by atoms with E-state index in [0.29, 0.717) is 30.2 Å². The highest BCUT2D eigenvalue weighted by Crippen LogP contribution is 2.35. The maximum atomic E-state index is 12.6. The number of hydrogen-bond donors (Lipinski definition) is 1. The Hall–Kier alpha value is -1.12. The molecule has 0 saturated heterocycles. The minimum absolute atomic E-state index is 0.0545. The van der Waals surface area contributed by atoms with E-state index in [9.17, 15) is 21.6 Å². The molecule has 1 aliphatic carbocycles. The van der Waals surface area contributed by atoms with Gasteiger partial charge in [-0.1, -0.05) is 6.07 Å². The molecule has 2 aliphatic rings. The number of nitrogens with zero attached hydrogens (tertiary/aromatic N) is 1. The number of benzene rings is 1. The zero-order valence-electron chi connectivity index (χ0n) is 11.2. The first-order chi connectivity index (χ1) is 9.77. The van der Waals surface area contributed by atoms with Gasteiger partial charge in [0.25, 0.3) is 0 Å². The molecule has 0 unspecified atom stereocenters. The third kappa shape index (κ3) is 3.07. The number of halogens is 3. The standard InChI is InChI=1S/C13H15F3N2O2S/c14-13(15,16)8-18(11-2-3-11)21(19,20)12-4-1-9-6-17-7-10(9)5-12/h1,4-5,11,17H,2-3,6-8H2. The highest BCUT2D eigenvalue weighted by Gasteiger charge is 2.44. The first-order valence-electron chi connectivity index (χ1n) is 6.68. The van der Waals surface area contributed by atoms with E-state index in [1.807, 2.05) is 0 Å². The fourth-order valence-corrected chi connectivity index (χ4v) is 4.24. The van der Waals surface area contributed by atoms with Gasteiger partial charge in [0.1, 0.15) is 6.54 Å². The summed E-state index contributed by atoms with van der Waals surface area (Å²) >= 11 is 0. The lowest BCUT2D eigenvalue weighted by atomic mass is 10.1. The molecule has 4 nitrogen and oxygen atoms in total. The van der Waals surface area contributed by atoms with Crippen molar-refractivity contribution in [3.05, 3.63) is 29.3 Å². The van der Waals surface area contributed by atoms with Gasteiger partial charge in [0, 0.05) is 19.1 Å². The van der Waals surface area contributed by atoms with Crippen molar-refractivity contribution in [2.24, 2.45) is 0 Å². The van der Waals surface area contributed by atoms with Crippen LogP contribution in [0.1, 0.15) is 24.0 Å². The molecule has 1 heterocycles. The first-order valence-corrected chi connectivity index (χ1v) is 8.12. The number of fused-ring (bicyclic) bond motifs is 1. The molecule has 21 heavy (non-hydrogen) atoms. The molecule has 0 bridgehead atoms. The predicted octanol–water partition coefficient (Wildman–Crippen LogP) is 2.01. The molecule has 116 valence electrons. The largest absolute Gasteiger partial charge is 0.402 e. The van der Waals surface area contributed by atoms with E-state index in [-0.39, 0.29) is 4.90 Å². The van der Waals surface area contributed by atoms with Gasteiger partial charge in [-0.2, -0.15) is 17.5 Å². The number of sulfonamides is 1. The van der Waals surface area contributed by atoms with E-state index < -0.39 is 28.8 Å². The summed E-state index contributed by atoms with van der Waals surface area (Å²) in [5.41, 5.74) is 1.82. The average molecular weight is 320 g/mol. The van der Waals surface area contributed by atoms with Gasteiger partial charge >= 0.3 is 6.18 Å². The van der Waals surface area contributed by atoms with Gasteiger partial charge in [0.2, 0.25) is 10.0 Å². The monoisotopic (exact) mass is 320 g/mol. The molecule has 1 N–H and O–H groups in total. The van der Waals surface area contributed by atoms with Crippen molar-refractivity contribution in [1.29, 1.82) is 0 Å². The minimum atomic E-state index is -4.53. The molecule has 1 saturated carbocycles. The maximum absolute atomic E-state index is 12.6. The maximum Gasteiger partial charge on any atom is 0.402 e. The fourth-order valence-electron chi connectivity index (χ4n) is 2.52. The van der Waals surface area contributed by atoms with Crippen LogP contribution in [0.4, 0.5) is 13.2 Å². The van der Waals surface area contributed by atoms with Gasteiger partial charge in [0.05, 0.1) is 4.90 Å². The topological polar surface area (TPSA) is 49.4 Å². The second-order valence-corrected chi connectivity index (χ2v) is 7.32. The molecule has 8 heteroatoms. The smallest absolute Gasteiger partial charge is 0.309 e. The Morgan fingerprint density at radius 3 is 2.48 bits per heavy atom. The molecule has 1 aliphatic heterocycles. The summed E-state index contributed by atoms with van der Waals surface area (Å²) in [6, 6.07) is 4.02. The lowest BCUT2D eigenvalue weighted by Gasteiger charge is -2.23. The summed E-state index contributed by atoms with van der Waals surface area (Å²) in [5, 5.41) is 3.08. The van der Waals surface area contributed by atoms with Crippen molar-refractivity contribution in [2.75, 3.05) is 6.54 Å². The van der Waals surface area contributed by atoms with Crippen LogP contribution in [-0.2, 0) is 23.1 Å². The second-order valence-electron chi connectivity index (χ2n) is 5.43. The van der Waals surface area contributed by atoms with E-state index in [1.54, 1.807) is 6.07 Å². The molecular weight excluding hydrogens is 305 g/mol. The van der Waals surface area contributed by atoms with Crippen LogP contribution >= 0.6 is 0 Å². The van der Waals surface area contributed by atoms with Crippen LogP contribution in [0.5, 0.6) is 0 Å². The lowest BCUT2D eigenvalue weighted by Crippen LogP contribution is -2.40. The highest BCUT2D eigenvalue weighted by atomic mass is 32.2. The summed E-state index contributed by atoms with van der Waals surface area (Å²) in [6.45, 7) is -0.221. The summed E-state index contributed by atoms with van der Waals surface area (Å²) < 4.78 is 63.5. The summed E-state index contributed by atoms with van der Waals surface area (Å²) in [7, 11) is -4.11. The molecule has 3 rings (SSSR count). The van der Waals surface area contributed by atoms with Crippen LogP contribution in [0.15, 0.2) is 23.1 Å². The molecule has 0 amide bonds. The van der Waals surface area contributed by atoms with Gasteiger partial charge in [-0.3, -0.25) is 0 Å². The Kier molecular flexibility index (Phi) is 3.50. The third-order valence-corrected chi connectivity index (χ3v) is 5.60. The Balaban J connectivity index is 1.94. The fraction of sp³-hybridized carbons (Fsp3) is 0.538. The van der Waals surface area contributed by atoms with E-state index in [2.05, 4.69) is 5.32 Å². The average Bonchev–Trinajstić information content (AvgIpc) is 3.11. The Morgan fingerprint density at radius 1 is 1.19 bits per heavy atom. The Labute approximate surface area is 121 Å². The number of hydrogen-bond acceptors (Lipinski definition) is 3. The van der Waals surface area contributed by atoms with Crippen molar-refractivity contribution in [3.63, 3.8) is 0 Å². The first kappa shape index (κ1) is 14.8. The Bertz CT molecular complexity index is 654. The van der Waals surface area contributed by atoms with Gasteiger partial charge in [0.15, 0.2) is 0 Å². The Morgan fingerprint density at radius 2 is 1.86 bits per heavy atom. The minimum Gasteiger partial charge on any atom is -0.309 e. The van der Waals surface area contributed by atoms with Gasteiger partial charge in [-0.25, -0.2) is 8.42 Å². The van der Waals surface area contributed by atoms with Gasteiger partial charge < -0.3 is 5.32 Å². The summed E-state index contributed by atoms with van der Waals surface area (Å²) in [4.78, 5) is -0.0545. The molecule has 0 atom stereocenters. The van der Waals surface area contributed by atoms with E-state index in [4.69, 9.17) is 0 Å². The third-order valence-electron chi connectivity index (χ3n) is 3.70. The molecular formula is C13H15F3N2O2S. The van der Waals surface area contributed by atoms with Crippen molar-refractivity contribution in [3.8, 4) is 0 Å². The molecule has 0 radical (unpaired) electrons. The predicted molar refractivity (Wildman–Crippen MR) is 70.0 cm³/mol. The van der Waals surface area contributed by atoms with Gasteiger partial charge in [-0.15, -0.1) is 0 Å². The molecule has 1 aromatic carbocycles.